The maximum Gasteiger partial charge on any atom is 0.0641 e. The molecule has 0 spiro atoms. The van der Waals surface area contributed by atoms with Crippen LogP contribution in [0.1, 0.15) is 12.5 Å². The summed E-state index contributed by atoms with van der Waals surface area (Å²) in [5.41, 5.74) is 11.6. The fourth-order valence-electron chi connectivity index (χ4n) is 7.60. The van der Waals surface area contributed by atoms with E-state index in [1.54, 1.807) is 0 Å². The summed E-state index contributed by atoms with van der Waals surface area (Å²) < 4.78 is 7.09. The van der Waals surface area contributed by atoms with Crippen LogP contribution in [0.15, 0.2) is 158 Å². The Hall–Kier alpha value is -6.06. The highest BCUT2D eigenvalue weighted by Gasteiger charge is 2.20. The molecule has 0 atom stereocenters. The number of aromatic nitrogens is 3. The lowest BCUT2D eigenvalue weighted by molar-refractivity contribution is 1.18. The Morgan fingerprint density at radius 2 is 1.13 bits per heavy atom. The Kier molecular flexibility index (Phi) is 6.09. The van der Waals surface area contributed by atoms with Gasteiger partial charge in [0.15, 0.2) is 0 Å². The van der Waals surface area contributed by atoms with Crippen LogP contribution in [0.3, 0.4) is 0 Å². The Balaban J connectivity index is 1.23. The summed E-state index contributed by atoms with van der Waals surface area (Å²) in [4.78, 5) is 0. The van der Waals surface area contributed by atoms with Gasteiger partial charge in [-0.05, 0) is 74.0 Å². The van der Waals surface area contributed by atoms with Crippen LogP contribution in [0.4, 0.5) is 0 Å². The fraction of sp³-hybridized carbons (Fsp3) is 0.0455. The summed E-state index contributed by atoms with van der Waals surface area (Å²) in [7, 11) is 0. The molecule has 0 amide bonds. The Bertz CT molecular complexity index is 2720. The van der Waals surface area contributed by atoms with Crippen LogP contribution in [0.25, 0.3) is 82.5 Å². The number of aryl methyl sites for hydroxylation is 1. The molecule has 0 N–H and O–H groups in total. The smallest absolute Gasteiger partial charge is 0.0641 e. The van der Waals surface area contributed by atoms with Crippen LogP contribution in [-0.4, -0.2) is 13.7 Å². The second-order valence-electron chi connectivity index (χ2n) is 12.4. The highest BCUT2D eigenvalue weighted by Crippen LogP contribution is 2.42. The largest absolute Gasteiger partial charge is 0.313 e. The zero-order valence-corrected chi connectivity index (χ0v) is 26.5. The molecule has 0 aliphatic heterocycles. The fourth-order valence-corrected chi connectivity index (χ4v) is 7.60. The minimum absolute atomic E-state index is 0.917. The van der Waals surface area contributed by atoms with Gasteiger partial charge in [-0.3, -0.25) is 0 Å². The highest BCUT2D eigenvalue weighted by atomic mass is 15.0. The van der Waals surface area contributed by atoms with Crippen LogP contribution < -0.4 is 0 Å². The zero-order chi connectivity index (χ0) is 31.6. The molecule has 0 aliphatic carbocycles. The normalized spacial score (nSPS) is 12.6. The van der Waals surface area contributed by atoms with Gasteiger partial charge < -0.3 is 13.7 Å². The van der Waals surface area contributed by atoms with Crippen LogP contribution >= 0.6 is 0 Å². The maximum atomic E-state index is 4.61. The Morgan fingerprint density at radius 3 is 1.79 bits per heavy atom. The van der Waals surface area contributed by atoms with Crippen molar-refractivity contribution in [3.8, 4) is 5.69 Å². The van der Waals surface area contributed by atoms with Crippen molar-refractivity contribution in [1.29, 1.82) is 0 Å². The van der Waals surface area contributed by atoms with E-state index in [0.717, 1.165) is 22.4 Å². The van der Waals surface area contributed by atoms with Gasteiger partial charge in [-0.1, -0.05) is 104 Å². The van der Waals surface area contributed by atoms with Crippen molar-refractivity contribution in [3.63, 3.8) is 0 Å². The van der Waals surface area contributed by atoms with Crippen molar-refractivity contribution in [3.05, 3.63) is 164 Å². The summed E-state index contributed by atoms with van der Waals surface area (Å²) in [5.74, 6) is 0. The third kappa shape index (κ3) is 4.06. The summed E-state index contributed by atoms with van der Waals surface area (Å²) >= 11 is 0. The Labute approximate surface area is 273 Å². The monoisotopic (exact) mass is 603 g/mol. The third-order valence-corrected chi connectivity index (χ3v) is 9.58. The summed E-state index contributed by atoms with van der Waals surface area (Å²) in [6.07, 6.45) is 6.44. The predicted molar refractivity (Wildman–Crippen MR) is 202 cm³/mol. The molecule has 0 unspecified atom stereocenters. The molecule has 3 heterocycles. The van der Waals surface area contributed by atoms with Gasteiger partial charge in [-0.2, -0.15) is 0 Å². The summed E-state index contributed by atoms with van der Waals surface area (Å²) in [5, 5.41) is 7.50. The van der Waals surface area contributed by atoms with Crippen LogP contribution in [0, 0.1) is 6.92 Å². The van der Waals surface area contributed by atoms with Crippen molar-refractivity contribution in [1.82, 2.24) is 13.7 Å². The van der Waals surface area contributed by atoms with Gasteiger partial charge in [0.25, 0.3) is 0 Å². The van der Waals surface area contributed by atoms with Gasteiger partial charge in [-0.15, -0.1) is 0 Å². The van der Waals surface area contributed by atoms with E-state index in [0.29, 0.717) is 0 Å². The number of nitrogens with zero attached hydrogens (tertiary/aromatic N) is 3. The summed E-state index contributed by atoms with van der Waals surface area (Å²) in [6, 6.07) is 48.1. The molecule has 3 nitrogen and oxygen atoms in total. The van der Waals surface area contributed by atoms with Gasteiger partial charge >= 0.3 is 0 Å². The van der Waals surface area contributed by atoms with Gasteiger partial charge in [0.1, 0.15) is 0 Å². The topological polar surface area (TPSA) is 14.8 Å². The first kappa shape index (κ1) is 27.3. The second kappa shape index (κ2) is 10.5. The van der Waals surface area contributed by atoms with E-state index in [4.69, 9.17) is 0 Å². The van der Waals surface area contributed by atoms with E-state index >= 15 is 0 Å². The minimum Gasteiger partial charge on any atom is -0.313 e. The lowest BCUT2D eigenvalue weighted by Gasteiger charge is -2.10. The van der Waals surface area contributed by atoms with Crippen molar-refractivity contribution in [2.75, 3.05) is 0 Å². The van der Waals surface area contributed by atoms with Gasteiger partial charge in [0.05, 0.1) is 33.1 Å². The molecule has 9 rings (SSSR count). The number of para-hydroxylation sites is 4. The lowest BCUT2D eigenvalue weighted by atomic mass is 10.1. The molecule has 6 aromatic carbocycles. The molecule has 0 aliphatic rings. The number of benzene rings is 6. The van der Waals surface area contributed by atoms with Gasteiger partial charge in [0, 0.05) is 49.4 Å². The van der Waals surface area contributed by atoms with E-state index in [1.807, 2.05) is 0 Å². The quantitative estimate of drug-likeness (QED) is 0.174. The summed E-state index contributed by atoms with van der Waals surface area (Å²) in [6.45, 7) is 8.94. The molecule has 3 aromatic heterocycles. The van der Waals surface area contributed by atoms with Crippen LogP contribution in [0.5, 0.6) is 0 Å². The van der Waals surface area contributed by atoms with Crippen molar-refractivity contribution < 1.29 is 0 Å². The molecule has 0 radical (unpaired) electrons. The average Bonchev–Trinajstić information content (AvgIpc) is 3.74. The first-order chi connectivity index (χ1) is 23.1. The van der Waals surface area contributed by atoms with Crippen molar-refractivity contribution in [2.45, 2.75) is 13.8 Å². The number of fused-ring (bicyclic) bond motifs is 10. The molecular formula is C44H33N3. The molecule has 0 bridgehead atoms. The molecule has 224 valence electrons. The minimum atomic E-state index is 0.917. The van der Waals surface area contributed by atoms with Crippen molar-refractivity contribution >= 4 is 76.8 Å². The van der Waals surface area contributed by atoms with Crippen LogP contribution in [0.2, 0.25) is 0 Å². The number of rotatable bonds is 5. The van der Waals surface area contributed by atoms with E-state index in [2.05, 4.69) is 186 Å². The predicted octanol–water partition coefficient (Wildman–Crippen LogP) is 11.9. The SMILES string of the molecule is C=C(/C=C\C=C(/C)n1c2ccccc2c2ccccc21)n1c2ccccc2c2c1ccc1c3ccccc3n(-c3cccc(C)c3)c12. The second-order valence-corrected chi connectivity index (χ2v) is 12.4. The van der Waals surface area contributed by atoms with Crippen LogP contribution in [-0.2, 0) is 0 Å². The number of hydrogen-bond acceptors (Lipinski definition) is 0. The van der Waals surface area contributed by atoms with Crippen molar-refractivity contribution in [2.24, 2.45) is 0 Å². The number of hydrogen-bond donors (Lipinski definition) is 0. The molecule has 3 heteroatoms. The van der Waals surface area contributed by atoms with E-state index in [-0.39, 0.29) is 0 Å². The maximum absolute atomic E-state index is 4.61. The third-order valence-electron chi connectivity index (χ3n) is 9.58. The zero-order valence-electron chi connectivity index (χ0n) is 26.5. The average molecular weight is 604 g/mol. The first-order valence-electron chi connectivity index (χ1n) is 16.2. The number of allylic oxidation sites excluding steroid dienone is 5. The molecular weight excluding hydrogens is 571 g/mol. The van der Waals surface area contributed by atoms with E-state index in [1.165, 1.54) is 65.6 Å². The highest BCUT2D eigenvalue weighted by molar-refractivity contribution is 6.26. The van der Waals surface area contributed by atoms with E-state index < -0.39 is 0 Å². The molecule has 9 aromatic rings. The lowest BCUT2D eigenvalue weighted by Crippen LogP contribution is -1.95. The molecule has 0 saturated heterocycles. The molecule has 47 heavy (non-hydrogen) atoms. The molecule has 0 saturated carbocycles. The molecule has 0 fully saturated rings. The van der Waals surface area contributed by atoms with E-state index in [9.17, 15) is 0 Å². The Morgan fingerprint density at radius 1 is 0.553 bits per heavy atom. The van der Waals surface area contributed by atoms with Gasteiger partial charge in [-0.25, -0.2) is 0 Å². The standard InChI is InChI=1S/C44H33N3/c1-29-14-12-17-32(28-29)47-40-24-10-6-20-35(40)36-26-27-42-43(44(36)47)37-21-7-11-25-41(37)46(42)31(3)16-13-15-30(2)45-38-22-8-4-18-33(38)34-19-5-9-23-39(34)45/h4-28H,3H2,1-2H3/b16-13-,30-15+. The first-order valence-corrected chi connectivity index (χ1v) is 16.2. The van der Waals surface area contributed by atoms with Gasteiger partial charge in [0.2, 0.25) is 0 Å².